The molecular weight excluding hydrogens is 311 g/mol. The van der Waals surface area contributed by atoms with Crippen LogP contribution < -0.4 is 0 Å². The number of halogens is 3. The maximum atomic E-state index is 12.9. The average Bonchev–Trinajstić information content (AvgIpc) is 3.05. The van der Waals surface area contributed by atoms with Gasteiger partial charge in [0.25, 0.3) is 5.91 Å². The standard InChI is InChI=1S/C16H16F3NO3/c1-20(15(21)12-6-7-23-9-12)14(10-22-2)11-4-3-5-13(8-11)16(17,18)19/h3-9,14H,10H2,1-2H3. The fourth-order valence-electron chi connectivity index (χ4n) is 2.24. The quantitative estimate of drug-likeness (QED) is 0.840. The van der Waals surface area contributed by atoms with Crippen LogP contribution in [-0.4, -0.2) is 31.6 Å². The second-order valence-electron chi connectivity index (χ2n) is 5.02. The molecule has 0 saturated heterocycles. The fraction of sp³-hybridized carbons (Fsp3) is 0.312. The van der Waals surface area contributed by atoms with Crippen LogP contribution in [0.15, 0.2) is 47.3 Å². The van der Waals surface area contributed by atoms with E-state index >= 15 is 0 Å². The van der Waals surface area contributed by atoms with Crippen molar-refractivity contribution in [1.82, 2.24) is 4.90 Å². The second kappa shape index (κ2) is 6.87. The molecule has 0 aliphatic carbocycles. The van der Waals surface area contributed by atoms with E-state index < -0.39 is 17.8 Å². The lowest BCUT2D eigenvalue weighted by Gasteiger charge is -2.28. The number of likely N-dealkylation sites (N-methyl/N-ethyl adjacent to an activating group) is 1. The van der Waals surface area contributed by atoms with Crippen molar-refractivity contribution in [2.75, 3.05) is 20.8 Å². The molecule has 0 spiro atoms. The molecule has 2 rings (SSSR count). The van der Waals surface area contributed by atoms with E-state index in [0.29, 0.717) is 11.1 Å². The van der Waals surface area contributed by atoms with Crippen molar-refractivity contribution in [2.24, 2.45) is 0 Å². The fourth-order valence-corrected chi connectivity index (χ4v) is 2.24. The first-order valence-corrected chi connectivity index (χ1v) is 6.80. The lowest BCUT2D eigenvalue weighted by atomic mass is 10.0. The summed E-state index contributed by atoms with van der Waals surface area (Å²) in [6, 6.07) is 5.72. The van der Waals surface area contributed by atoms with Gasteiger partial charge in [0.15, 0.2) is 0 Å². The van der Waals surface area contributed by atoms with Gasteiger partial charge in [-0.2, -0.15) is 13.2 Å². The van der Waals surface area contributed by atoms with Crippen molar-refractivity contribution in [1.29, 1.82) is 0 Å². The summed E-state index contributed by atoms with van der Waals surface area (Å²) in [5, 5.41) is 0. The van der Waals surface area contributed by atoms with Gasteiger partial charge in [0, 0.05) is 14.2 Å². The first-order chi connectivity index (χ1) is 10.8. The van der Waals surface area contributed by atoms with Gasteiger partial charge in [-0.15, -0.1) is 0 Å². The lowest BCUT2D eigenvalue weighted by Crippen LogP contribution is -2.33. The highest BCUT2D eigenvalue weighted by molar-refractivity contribution is 5.93. The number of amides is 1. The zero-order chi connectivity index (χ0) is 17.0. The number of rotatable bonds is 5. The zero-order valence-corrected chi connectivity index (χ0v) is 12.6. The van der Waals surface area contributed by atoms with E-state index in [0.717, 1.165) is 12.1 Å². The average molecular weight is 327 g/mol. The summed E-state index contributed by atoms with van der Waals surface area (Å²) in [7, 11) is 2.94. The molecule has 2 aromatic rings. The lowest BCUT2D eigenvalue weighted by molar-refractivity contribution is -0.137. The van der Waals surface area contributed by atoms with Crippen molar-refractivity contribution < 1.29 is 27.1 Å². The molecule has 1 atom stereocenters. The Morgan fingerprint density at radius 3 is 2.65 bits per heavy atom. The molecule has 23 heavy (non-hydrogen) atoms. The molecule has 0 bridgehead atoms. The third-order valence-corrected chi connectivity index (χ3v) is 3.48. The van der Waals surface area contributed by atoms with Crippen LogP contribution in [-0.2, 0) is 10.9 Å². The van der Waals surface area contributed by atoms with Gasteiger partial charge in [0.05, 0.1) is 30.0 Å². The summed E-state index contributed by atoms with van der Waals surface area (Å²) in [5.74, 6) is -0.363. The SMILES string of the molecule is COCC(c1cccc(C(F)(F)F)c1)N(C)C(=O)c1ccoc1. The molecule has 0 radical (unpaired) electrons. The molecule has 1 amide bonds. The van der Waals surface area contributed by atoms with E-state index in [1.807, 2.05) is 0 Å². The van der Waals surface area contributed by atoms with Crippen LogP contribution >= 0.6 is 0 Å². The normalized spacial score (nSPS) is 12.9. The van der Waals surface area contributed by atoms with Crippen molar-refractivity contribution in [3.63, 3.8) is 0 Å². The Morgan fingerprint density at radius 1 is 1.35 bits per heavy atom. The highest BCUT2D eigenvalue weighted by Crippen LogP contribution is 2.32. The number of carbonyl (C=O) groups excluding carboxylic acids is 1. The van der Waals surface area contributed by atoms with E-state index in [4.69, 9.17) is 9.15 Å². The topological polar surface area (TPSA) is 42.7 Å². The number of alkyl halides is 3. The summed E-state index contributed by atoms with van der Waals surface area (Å²) in [6.07, 6.45) is -1.80. The number of hydrogen-bond acceptors (Lipinski definition) is 3. The smallest absolute Gasteiger partial charge is 0.416 e. The van der Waals surface area contributed by atoms with Crippen molar-refractivity contribution in [3.05, 3.63) is 59.5 Å². The number of ether oxygens (including phenoxy) is 1. The molecule has 1 heterocycles. The third kappa shape index (κ3) is 3.92. The molecule has 1 unspecified atom stereocenters. The van der Waals surface area contributed by atoms with Crippen LogP contribution in [0.5, 0.6) is 0 Å². The van der Waals surface area contributed by atoms with Gasteiger partial charge >= 0.3 is 6.18 Å². The highest BCUT2D eigenvalue weighted by Gasteiger charge is 2.32. The molecule has 0 aliphatic heterocycles. The van der Waals surface area contributed by atoms with Gasteiger partial charge in [0.2, 0.25) is 0 Å². The third-order valence-electron chi connectivity index (χ3n) is 3.48. The van der Waals surface area contributed by atoms with E-state index in [9.17, 15) is 18.0 Å². The zero-order valence-electron chi connectivity index (χ0n) is 12.6. The Hall–Kier alpha value is -2.28. The monoisotopic (exact) mass is 327 g/mol. The van der Waals surface area contributed by atoms with E-state index in [1.165, 1.54) is 49.8 Å². The molecule has 0 saturated carbocycles. The summed E-state index contributed by atoms with van der Waals surface area (Å²) in [4.78, 5) is 13.7. The van der Waals surface area contributed by atoms with Crippen LogP contribution in [0.1, 0.15) is 27.5 Å². The number of methoxy groups -OCH3 is 1. The van der Waals surface area contributed by atoms with Gasteiger partial charge < -0.3 is 14.1 Å². The summed E-state index contributed by atoms with van der Waals surface area (Å²) >= 11 is 0. The number of hydrogen-bond donors (Lipinski definition) is 0. The maximum Gasteiger partial charge on any atom is 0.416 e. The van der Waals surface area contributed by atoms with E-state index in [-0.39, 0.29) is 12.5 Å². The number of furan rings is 1. The predicted octanol–water partition coefficient (Wildman–Crippen LogP) is 3.76. The first-order valence-electron chi connectivity index (χ1n) is 6.80. The van der Waals surface area contributed by atoms with Crippen LogP contribution in [0, 0.1) is 0 Å². The van der Waals surface area contributed by atoms with Gasteiger partial charge in [-0.05, 0) is 23.8 Å². The summed E-state index contributed by atoms with van der Waals surface area (Å²) in [6.45, 7) is 0.0708. The van der Waals surface area contributed by atoms with Crippen LogP contribution in [0.3, 0.4) is 0 Å². The van der Waals surface area contributed by atoms with Gasteiger partial charge in [-0.1, -0.05) is 12.1 Å². The number of carbonyl (C=O) groups is 1. The second-order valence-corrected chi connectivity index (χ2v) is 5.02. The summed E-state index contributed by atoms with van der Waals surface area (Å²) < 4.78 is 48.6. The van der Waals surface area contributed by atoms with E-state index in [2.05, 4.69) is 0 Å². The number of nitrogens with zero attached hydrogens (tertiary/aromatic N) is 1. The Bertz CT molecular complexity index is 653. The molecule has 4 nitrogen and oxygen atoms in total. The largest absolute Gasteiger partial charge is 0.472 e. The molecular formula is C16H16F3NO3. The molecule has 0 N–H and O–H groups in total. The van der Waals surface area contributed by atoms with Crippen LogP contribution in [0.25, 0.3) is 0 Å². The minimum atomic E-state index is -4.44. The molecule has 1 aromatic carbocycles. The predicted molar refractivity (Wildman–Crippen MR) is 76.9 cm³/mol. The van der Waals surface area contributed by atoms with Crippen molar-refractivity contribution in [2.45, 2.75) is 12.2 Å². The minimum Gasteiger partial charge on any atom is -0.472 e. The van der Waals surface area contributed by atoms with Crippen LogP contribution in [0.4, 0.5) is 13.2 Å². The van der Waals surface area contributed by atoms with Gasteiger partial charge in [-0.25, -0.2) is 0 Å². The first kappa shape index (κ1) is 17.1. The summed E-state index contributed by atoms with van der Waals surface area (Å²) in [5.41, 5.74) is -0.0955. The van der Waals surface area contributed by atoms with Crippen molar-refractivity contribution in [3.8, 4) is 0 Å². The van der Waals surface area contributed by atoms with Gasteiger partial charge in [-0.3, -0.25) is 4.79 Å². The molecule has 0 aliphatic rings. The maximum absolute atomic E-state index is 12.9. The highest BCUT2D eigenvalue weighted by atomic mass is 19.4. The minimum absolute atomic E-state index is 0.0708. The molecule has 7 heteroatoms. The Balaban J connectivity index is 2.33. The number of benzene rings is 1. The van der Waals surface area contributed by atoms with E-state index in [1.54, 1.807) is 0 Å². The van der Waals surface area contributed by atoms with Crippen molar-refractivity contribution >= 4 is 5.91 Å². The van der Waals surface area contributed by atoms with Crippen LogP contribution in [0.2, 0.25) is 0 Å². The Labute approximate surface area is 131 Å². The molecule has 124 valence electrons. The Kier molecular flexibility index (Phi) is 5.10. The Morgan fingerprint density at radius 2 is 2.09 bits per heavy atom. The molecule has 1 aromatic heterocycles. The molecule has 0 fully saturated rings. The van der Waals surface area contributed by atoms with Gasteiger partial charge in [0.1, 0.15) is 6.26 Å².